The first-order chi connectivity index (χ1) is 14.2. The zero-order valence-electron chi connectivity index (χ0n) is 15.5. The molecule has 10 nitrogen and oxygen atoms in total. The second kappa shape index (κ2) is 8.55. The van der Waals surface area contributed by atoms with Gasteiger partial charge in [0.15, 0.2) is 16.7 Å². The van der Waals surface area contributed by atoms with Crippen molar-refractivity contribution in [2.75, 3.05) is 6.61 Å². The van der Waals surface area contributed by atoms with Crippen molar-refractivity contribution in [3.05, 3.63) is 63.0 Å². The molecule has 1 heterocycles. The lowest BCUT2D eigenvalue weighted by Crippen LogP contribution is -2.11. The molecule has 0 atom stereocenters. The number of hydrogen-bond acceptors (Lipinski definition) is 9. The number of ether oxygens (including phenoxy) is 1. The molecule has 0 aromatic heterocycles. The van der Waals surface area contributed by atoms with Crippen molar-refractivity contribution in [2.45, 2.75) is 11.8 Å². The van der Waals surface area contributed by atoms with E-state index < -0.39 is 20.9 Å². The number of aliphatic imine (C=N–C) groups is 1. The lowest BCUT2D eigenvalue weighted by atomic mass is 10.2. The van der Waals surface area contributed by atoms with Crippen molar-refractivity contribution < 1.29 is 27.1 Å². The van der Waals surface area contributed by atoms with E-state index in [2.05, 4.69) is 4.99 Å². The van der Waals surface area contributed by atoms with Crippen molar-refractivity contribution in [1.29, 1.82) is 0 Å². The third-order valence-corrected chi connectivity index (χ3v) is 5.80. The van der Waals surface area contributed by atoms with Crippen molar-refractivity contribution in [1.82, 2.24) is 0 Å². The van der Waals surface area contributed by atoms with E-state index in [0.29, 0.717) is 10.5 Å². The minimum atomic E-state index is -4.26. The highest BCUT2D eigenvalue weighted by atomic mass is 32.2. The van der Waals surface area contributed by atoms with Crippen LogP contribution in [0.25, 0.3) is 6.08 Å². The summed E-state index contributed by atoms with van der Waals surface area (Å²) in [6.45, 7) is 1.95. The second-order valence-electron chi connectivity index (χ2n) is 5.79. The van der Waals surface area contributed by atoms with Gasteiger partial charge in [-0.2, -0.15) is 13.4 Å². The Morgan fingerprint density at radius 2 is 1.90 bits per heavy atom. The first-order valence-electron chi connectivity index (χ1n) is 8.43. The van der Waals surface area contributed by atoms with E-state index in [1.807, 2.05) is 0 Å². The molecule has 0 saturated heterocycles. The molecule has 0 fully saturated rings. The van der Waals surface area contributed by atoms with Gasteiger partial charge in [-0.3, -0.25) is 14.9 Å². The molecule has 1 aliphatic heterocycles. The SMILES string of the molecule is CCOc1cc(/C=C2\SC(N)=NC2=O)ccc1OS(=O)(=O)c1ccc([N+](=O)[O-])cc1. The summed E-state index contributed by atoms with van der Waals surface area (Å²) in [5.74, 6) is -0.392. The van der Waals surface area contributed by atoms with Crippen LogP contribution < -0.4 is 14.7 Å². The van der Waals surface area contributed by atoms with Crippen LogP contribution in [0.3, 0.4) is 0 Å². The van der Waals surface area contributed by atoms with Crippen molar-refractivity contribution in [2.24, 2.45) is 10.7 Å². The molecule has 0 bridgehead atoms. The number of carbonyl (C=O) groups is 1. The van der Waals surface area contributed by atoms with Crippen LogP contribution in [0.2, 0.25) is 0 Å². The number of carbonyl (C=O) groups excluding carboxylic acids is 1. The van der Waals surface area contributed by atoms with Gasteiger partial charge in [-0.25, -0.2) is 0 Å². The number of non-ortho nitro benzene ring substituents is 1. The van der Waals surface area contributed by atoms with Crippen LogP contribution in [0.4, 0.5) is 5.69 Å². The smallest absolute Gasteiger partial charge is 0.339 e. The highest BCUT2D eigenvalue weighted by Crippen LogP contribution is 2.34. The molecule has 2 N–H and O–H groups in total. The van der Waals surface area contributed by atoms with Crippen molar-refractivity contribution >= 4 is 44.7 Å². The summed E-state index contributed by atoms with van der Waals surface area (Å²) in [5, 5.41) is 10.9. The molecular formula is C18H15N3O7S2. The van der Waals surface area contributed by atoms with Gasteiger partial charge in [0.25, 0.3) is 11.6 Å². The summed E-state index contributed by atoms with van der Waals surface area (Å²) in [6.07, 6.45) is 1.55. The van der Waals surface area contributed by atoms with Gasteiger partial charge in [0.1, 0.15) is 4.90 Å². The normalized spacial score (nSPS) is 15.2. The van der Waals surface area contributed by atoms with Gasteiger partial charge in [-0.05, 0) is 54.6 Å². The number of nitrogens with two attached hydrogens (primary N) is 1. The van der Waals surface area contributed by atoms with E-state index >= 15 is 0 Å². The highest BCUT2D eigenvalue weighted by molar-refractivity contribution is 8.18. The summed E-state index contributed by atoms with van der Waals surface area (Å²) in [4.78, 5) is 25.5. The van der Waals surface area contributed by atoms with E-state index in [1.54, 1.807) is 19.1 Å². The van der Waals surface area contributed by atoms with Crippen molar-refractivity contribution in [3.63, 3.8) is 0 Å². The molecule has 2 aromatic rings. The Hall–Kier alpha value is -3.38. The van der Waals surface area contributed by atoms with Gasteiger partial charge in [0.2, 0.25) is 0 Å². The Kier molecular flexibility index (Phi) is 6.08. The van der Waals surface area contributed by atoms with Gasteiger partial charge >= 0.3 is 10.1 Å². The van der Waals surface area contributed by atoms with E-state index in [4.69, 9.17) is 14.7 Å². The Balaban J connectivity index is 1.89. The summed E-state index contributed by atoms with van der Waals surface area (Å²) >= 11 is 1.03. The van der Waals surface area contributed by atoms with Gasteiger partial charge in [-0.1, -0.05) is 6.07 Å². The Morgan fingerprint density at radius 3 is 2.47 bits per heavy atom. The Morgan fingerprint density at radius 1 is 1.20 bits per heavy atom. The Labute approximate surface area is 175 Å². The zero-order valence-corrected chi connectivity index (χ0v) is 17.1. The molecule has 0 aliphatic carbocycles. The number of benzene rings is 2. The molecular weight excluding hydrogens is 434 g/mol. The predicted molar refractivity (Wildman–Crippen MR) is 111 cm³/mol. The summed E-state index contributed by atoms with van der Waals surface area (Å²) in [5.41, 5.74) is 5.83. The average molecular weight is 449 g/mol. The molecule has 156 valence electrons. The number of nitro benzene ring substituents is 1. The monoisotopic (exact) mass is 449 g/mol. The second-order valence-corrected chi connectivity index (χ2v) is 8.40. The topological polar surface area (TPSA) is 151 Å². The maximum atomic E-state index is 12.5. The van der Waals surface area contributed by atoms with Crippen molar-refractivity contribution in [3.8, 4) is 11.5 Å². The van der Waals surface area contributed by atoms with Crippen LogP contribution in [0.5, 0.6) is 11.5 Å². The van der Waals surface area contributed by atoms with E-state index in [-0.39, 0.29) is 33.9 Å². The van der Waals surface area contributed by atoms with E-state index in [0.717, 1.165) is 36.0 Å². The quantitative estimate of drug-likeness (QED) is 0.291. The van der Waals surface area contributed by atoms with Crippen LogP contribution in [-0.4, -0.2) is 31.0 Å². The molecule has 2 aromatic carbocycles. The van der Waals surface area contributed by atoms with Gasteiger partial charge < -0.3 is 14.7 Å². The van der Waals surface area contributed by atoms with E-state index in [1.165, 1.54) is 12.1 Å². The minimum Gasteiger partial charge on any atom is -0.490 e. The number of nitrogens with zero attached hydrogens (tertiary/aromatic N) is 2. The average Bonchev–Trinajstić information content (AvgIpc) is 3.01. The van der Waals surface area contributed by atoms with E-state index in [9.17, 15) is 23.3 Å². The highest BCUT2D eigenvalue weighted by Gasteiger charge is 2.22. The summed E-state index contributed by atoms with van der Waals surface area (Å²) < 4.78 is 35.7. The standard InChI is InChI=1S/C18H15N3O7S2/c1-2-27-15-9-11(10-16-17(22)20-18(19)29-16)3-8-14(15)28-30(25,26)13-6-4-12(5-7-13)21(23)24/h3-10H,2H2,1H3,(H2,19,20,22)/b16-10-. The fourth-order valence-corrected chi connectivity index (χ4v) is 4.05. The first-order valence-corrected chi connectivity index (χ1v) is 10.7. The van der Waals surface area contributed by atoms with Gasteiger partial charge in [0.05, 0.1) is 16.4 Å². The number of amidine groups is 1. The van der Waals surface area contributed by atoms with Gasteiger partial charge in [-0.15, -0.1) is 0 Å². The fourth-order valence-electron chi connectivity index (χ4n) is 2.43. The third-order valence-electron chi connectivity index (χ3n) is 3.74. The third kappa shape index (κ3) is 4.78. The minimum absolute atomic E-state index is 0.0708. The molecule has 1 amide bonds. The number of rotatable bonds is 7. The summed E-state index contributed by atoms with van der Waals surface area (Å²) in [6, 6.07) is 8.74. The fraction of sp³-hybridized carbons (Fsp3) is 0.111. The molecule has 0 saturated carbocycles. The number of amides is 1. The maximum absolute atomic E-state index is 12.5. The molecule has 0 unspecified atom stereocenters. The molecule has 0 radical (unpaired) electrons. The summed E-state index contributed by atoms with van der Waals surface area (Å²) in [7, 11) is -4.26. The van der Waals surface area contributed by atoms with Crippen LogP contribution in [0, 0.1) is 10.1 Å². The van der Waals surface area contributed by atoms with Crippen LogP contribution in [0.15, 0.2) is 57.3 Å². The molecule has 3 rings (SSSR count). The lowest BCUT2D eigenvalue weighted by molar-refractivity contribution is -0.384. The largest absolute Gasteiger partial charge is 0.490 e. The lowest BCUT2D eigenvalue weighted by Gasteiger charge is -2.12. The Bertz CT molecular complexity index is 1170. The van der Waals surface area contributed by atoms with Crippen LogP contribution in [0.1, 0.15) is 12.5 Å². The number of hydrogen-bond donors (Lipinski definition) is 1. The van der Waals surface area contributed by atoms with Crippen LogP contribution in [-0.2, 0) is 14.9 Å². The van der Waals surface area contributed by atoms with Crippen LogP contribution >= 0.6 is 11.8 Å². The number of nitro groups is 1. The maximum Gasteiger partial charge on any atom is 0.339 e. The number of thioether (sulfide) groups is 1. The zero-order chi connectivity index (χ0) is 21.9. The first kappa shape index (κ1) is 21.3. The van der Waals surface area contributed by atoms with Gasteiger partial charge in [0, 0.05) is 12.1 Å². The predicted octanol–water partition coefficient (Wildman–Crippen LogP) is 2.69. The molecule has 1 aliphatic rings. The molecule has 12 heteroatoms. The molecule has 30 heavy (non-hydrogen) atoms. The molecule has 0 spiro atoms.